The fraction of sp³-hybridized carbons (Fsp3) is 0.941. The average Bonchev–Trinajstić information content (AvgIpc) is 2.52. The van der Waals surface area contributed by atoms with Crippen molar-refractivity contribution in [3.63, 3.8) is 0 Å². The summed E-state index contributed by atoms with van der Waals surface area (Å²) in [6.45, 7) is -0.520. The first-order chi connectivity index (χ1) is 12.1. The van der Waals surface area contributed by atoms with E-state index in [2.05, 4.69) is 0 Å². The van der Waals surface area contributed by atoms with Crippen LogP contribution in [0.1, 0.15) is 38.5 Å². The quantitative estimate of drug-likeness (QED) is 0.240. The Balaban J connectivity index is 1.59. The molecule has 0 N–H and O–H groups in total. The van der Waals surface area contributed by atoms with Gasteiger partial charge in [0.2, 0.25) is 0 Å². The third-order valence-corrected chi connectivity index (χ3v) is 6.64. The first-order valence-corrected chi connectivity index (χ1v) is 9.59. The van der Waals surface area contributed by atoms with Crippen LogP contribution in [-0.2, 0) is 19.0 Å². The van der Waals surface area contributed by atoms with E-state index < -0.39 is 35.2 Å². The van der Waals surface area contributed by atoms with Gasteiger partial charge < -0.3 is 14.2 Å². The van der Waals surface area contributed by atoms with Crippen LogP contribution in [0.4, 0.5) is 17.6 Å². The smallest absolute Gasteiger partial charge is 0.363 e. The summed E-state index contributed by atoms with van der Waals surface area (Å²) in [5.74, 6) is -3.96. The number of rotatable bonds is 8. The molecule has 0 spiro atoms. The summed E-state index contributed by atoms with van der Waals surface area (Å²) >= 11 is 1.68. The van der Waals surface area contributed by atoms with Gasteiger partial charge in [0.25, 0.3) is 0 Å². The number of hydrogen-bond acceptors (Lipinski definition) is 4. The van der Waals surface area contributed by atoms with Crippen LogP contribution in [0, 0.1) is 23.2 Å². The molecular formula is C17H23BrF4O4. The summed E-state index contributed by atoms with van der Waals surface area (Å²) < 4.78 is 68.0. The second kappa shape index (κ2) is 7.20. The molecule has 4 fully saturated rings. The summed E-state index contributed by atoms with van der Waals surface area (Å²) in [4.78, 5) is 8.30. The number of carbonyl (C=O) groups excluding carboxylic acids is 1. The Kier molecular flexibility index (Phi) is 5.63. The summed E-state index contributed by atoms with van der Waals surface area (Å²) in [6.07, 6.45) is 2.66. The molecule has 0 aliphatic heterocycles. The molecule has 9 heteroatoms. The van der Waals surface area contributed by atoms with Crippen LogP contribution in [0.25, 0.3) is 0 Å². The molecule has 0 amide bonds. The van der Waals surface area contributed by atoms with Crippen molar-refractivity contribution in [3.8, 4) is 0 Å². The Morgan fingerprint density at radius 1 is 1.15 bits per heavy atom. The molecule has 4 saturated carbocycles. The Labute approximate surface area is 158 Å². The van der Waals surface area contributed by atoms with E-state index in [9.17, 15) is 22.4 Å². The first kappa shape index (κ1) is 20.3. The van der Waals surface area contributed by atoms with Gasteiger partial charge in [0.15, 0.2) is 0 Å². The molecule has 0 heterocycles. The zero-order valence-corrected chi connectivity index (χ0v) is 16.1. The number of esters is 1. The van der Waals surface area contributed by atoms with Gasteiger partial charge in [-0.05, 0) is 65.8 Å². The molecule has 2 unspecified atom stereocenters. The second-order valence-corrected chi connectivity index (χ2v) is 8.87. The van der Waals surface area contributed by atoms with Crippen molar-refractivity contribution in [3.05, 3.63) is 0 Å². The van der Waals surface area contributed by atoms with Crippen LogP contribution in [-0.4, -0.2) is 43.3 Å². The molecule has 0 aromatic rings. The van der Waals surface area contributed by atoms with Gasteiger partial charge in [-0.15, -0.1) is 0 Å². The Morgan fingerprint density at radius 3 is 2.31 bits per heavy atom. The van der Waals surface area contributed by atoms with Crippen LogP contribution in [0.2, 0.25) is 0 Å². The van der Waals surface area contributed by atoms with Crippen molar-refractivity contribution < 1.29 is 36.6 Å². The minimum atomic E-state index is -4.32. The third-order valence-electron chi connectivity index (χ3n) is 6.06. The van der Waals surface area contributed by atoms with E-state index in [1.165, 1.54) is 0 Å². The van der Waals surface area contributed by atoms with Gasteiger partial charge in [0.05, 0.1) is 24.5 Å². The highest BCUT2D eigenvalue weighted by molar-refractivity contribution is 9.10. The van der Waals surface area contributed by atoms with Crippen molar-refractivity contribution in [2.75, 3.05) is 20.5 Å². The van der Waals surface area contributed by atoms with Gasteiger partial charge in [-0.2, -0.15) is 17.6 Å². The number of methoxy groups -OCH3 is 1. The molecule has 26 heavy (non-hydrogen) atoms. The van der Waals surface area contributed by atoms with Crippen LogP contribution in [0.3, 0.4) is 0 Å². The van der Waals surface area contributed by atoms with Gasteiger partial charge in [-0.1, -0.05) is 0 Å². The average molecular weight is 447 g/mol. The largest absolute Gasteiger partial charge is 0.465 e. The van der Waals surface area contributed by atoms with Crippen molar-refractivity contribution in [2.24, 2.45) is 23.2 Å². The second-order valence-electron chi connectivity index (χ2n) is 7.88. The monoisotopic (exact) mass is 446 g/mol. The topological polar surface area (TPSA) is 44.8 Å². The summed E-state index contributed by atoms with van der Waals surface area (Å²) in [5.41, 5.74) is -0.685. The Hall–Kier alpha value is -0.410. The number of alkyl halides is 5. The fourth-order valence-electron chi connectivity index (χ4n) is 5.21. The fourth-order valence-corrected chi connectivity index (χ4v) is 5.41. The molecule has 4 rings (SSSR count). The molecule has 4 aliphatic rings. The molecule has 4 nitrogen and oxygen atoms in total. The third kappa shape index (κ3) is 3.76. The van der Waals surface area contributed by atoms with Crippen molar-refractivity contribution >= 4 is 21.9 Å². The predicted octanol–water partition coefficient (Wildman–Crippen LogP) is 4.36. The van der Waals surface area contributed by atoms with Crippen molar-refractivity contribution in [1.82, 2.24) is 0 Å². The Bertz CT molecular complexity index is 523. The standard InChI is InChI=1S/C17H23BrF4O4/c1-24-9-26-13-11-4-10-5-12(13)8-15(6-10,7-11)14(23)25-3-2-16(19,20)17(18,21)22/h10-13H,2-9H2,1H3. The number of halogens is 5. The highest BCUT2D eigenvalue weighted by Gasteiger charge is 2.60. The van der Waals surface area contributed by atoms with Gasteiger partial charge in [-0.3, -0.25) is 4.79 Å². The normalized spacial score (nSPS) is 36.4. The lowest BCUT2D eigenvalue weighted by Gasteiger charge is -2.58. The zero-order chi connectivity index (χ0) is 19.2. The molecule has 4 aliphatic carbocycles. The molecule has 0 radical (unpaired) electrons. The molecule has 4 bridgehead atoms. The predicted molar refractivity (Wildman–Crippen MR) is 87.1 cm³/mol. The highest BCUT2D eigenvalue weighted by atomic mass is 79.9. The van der Waals surface area contributed by atoms with E-state index in [4.69, 9.17) is 14.2 Å². The minimum absolute atomic E-state index is 0.0452. The lowest BCUT2D eigenvalue weighted by Crippen LogP contribution is -2.57. The number of hydrogen-bond donors (Lipinski definition) is 0. The van der Waals surface area contributed by atoms with Gasteiger partial charge in [0, 0.05) is 7.11 Å². The van der Waals surface area contributed by atoms with Crippen LogP contribution in [0.15, 0.2) is 0 Å². The number of ether oxygens (including phenoxy) is 3. The first-order valence-electron chi connectivity index (χ1n) is 8.80. The van der Waals surface area contributed by atoms with E-state index in [0.717, 1.165) is 12.8 Å². The minimum Gasteiger partial charge on any atom is -0.465 e. The van der Waals surface area contributed by atoms with E-state index in [-0.39, 0.29) is 24.7 Å². The van der Waals surface area contributed by atoms with E-state index >= 15 is 0 Å². The van der Waals surface area contributed by atoms with E-state index in [1.807, 2.05) is 0 Å². The zero-order valence-electron chi connectivity index (χ0n) is 14.5. The molecule has 0 aromatic carbocycles. The molecular weight excluding hydrogens is 424 g/mol. The maximum atomic E-state index is 13.3. The molecule has 150 valence electrons. The molecule has 0 saturated heterocycles. The summed E-state index contributed by atoms with van der Waals surface area (Å²) in [6, 6.07) is 0. The van der Waals surface area contributed by atoms with Crippen LogP contribution in [0.5, 0.6) is 0 Å². The molecule has 2 atom stereocenters. The lowest BCUT2D eigenvalue weighted by molar-refractivity contribution is -0.207. The van der Waals surface area contributed by atoms with Gasteiger partial charge >= 0.3 is 16.7 Å². The molecule has 0 aromatic heterocycles. The number of carbonyl (C=O) groups is 1. The summed E-state index contributed by atoms with van der Waals surface area (Å²) in [5, 5.41) is 0. The Morgan fingerprint density at radius 2 is 1.77 bits per heavy atom. The van der Waals surface area contributed by atoms with Crippen molar-refractivity contribution in [1.29, 1.82) is 0 Å². The maximum absolute atomic E-state index is 13.3. The highest BCUT2D eigenvalue weighted by Crippen LogP contribution is 2.61. The van der Waals surface area contributed by atoms with E-state index in [0.29, 0.717) is 25.2 Å². The lowest BCUT2D eigenvalue weighted by atomic mass is 9.48. The van der Waals surface area contributed by atoms with Gasteiger partial charge in [0.1, 0.15) is 6.79 Å². The van der Waals surface area contributed by atoms with Gasteiger partial charge in [-0.25, -0.2) is 0 Å². The van der Waals surface area contributed by atoms with Crippen LogP contribution >= 0.6 is 15.9 Å². The van der Waals surface area contributed by atoms with E-state index in [1.54, 1.807) is 23.0 Å². The SMILES string of the molecule is COCOC1C2CC3CC1CC(C(=O)OCCC(F)(F)C(F)(F)Br)(C3)C2. The maximum Gasteiger partial charge on any atom is 0.363 e. The van der Waals surface area contributed by atoms with Crippen LogP contribution < -0.4 is 0 Å². The van der Waals surface area contributed by atoms with Crippen molar-refractivity contribution in [2.45, 2.75) is 55.4 Å². The summed E-state index contributed by atoms with van der Waals surface area (Å²) in [7, 11) is 1.56.